The number of nitrogens with one attached hydrogen (secondary N) is 1. The van der Waals surface area contributed by atoms with Crippen molar-refractivity contribution in [1.29, 1.82) is 0 Å². The van der Waals surface area contributed by atoms with Crippen molar-refractivity contribution >= 4 is 0 Å². The van der Waals surface area contributed by atoms with Crippen LogP contribution in [0.15, 0.2) is 48.5 Å². The van der Waals surface area contributed by atoms with Crippen LogP contribution in [0.4, 0.5) is 0 Å². The molecule has 0 atom stereocenters. The molecule has 0 saturated carbocycles. The predicted octanol–water partition coefficient (Wildman–Crippen LogP) is 3.52. The van der Waals surface area contributed by atoms with Crippen LogP contribution < -0.4 is 10.1 Å². The van der Waals surface area contributed by atoms with Crippen molar-refractivity contribution in [2.45, 2.75) is 13.5 Å². The van der Waals surface area contributed by atoms with E-state index in [2.05, 4.69) is 30.4 Å². The van der Waals surface area contributed by atoms with E-state index < -0.39 is 0 Å². The second kappa shape index (κ2) is 7.68. The Hall–Kier alpha value is -1.84. The van der Waals surface area contributed by atoms with Gasteiger partial charge in [0.2, 0.25) is 0 Å². The minimum Gasteiger partial charge on any atom is -0.457 e. The molecule has 106 valence electrons. The molecule has 0 saturated heterocycles. The first kappa shape index (κ1) is 14.6. The third kappa shape index (κ3) is 4.68. The Morgan fingerprint density at radius 1 is 1.00 bits per heavy atom. The Balaban J connectivity index is 1.88. The van der Waals surface area contributed by atoms with Crippen molar-refractivity contribution in [2.24, 2.45) is 0 Å². The molecule has 0 aromatic heterocycles. The van der Waals surface area contributed by atoms with Crippen LogP contribution in [0.3, 0.4) is 0 Å². The van der Waals surface area contributed by atoms with Gasteiger partial charge in [0, 0.05) is 20.2 Å². The second-order valence-corrected chi connectivity index (χ2v) is 4.73. The fraction of sp³-hybridized carbons (Fsp3) is 0.294. The molecule has 3 nitrogen and oxygen atoms in total. The highest BCUT2D eigenvalue weighted by atomic mass is 16.5. The van der Waals surface area contributed by atoms with Crippen LogP contribution in [-0.4, -0.2) is 20.3 Å². The molecule has 0 aliphatic carbocycles. The lowest BCUT2D eigenvalue weighted by Crippen LogP contribution is -2.18. The van der Waals surface area contributed by atoms with Crippen LogP contribution in [0.25, 0.3) is 0 Å². The van der Waals surface area contributed by atoms with Crippen molar-refractivity contribution in [3.05, 3.63) is 59.7 Å². The zero-order chi connectivity index (χ0) is 14.2. The molecular weight excluding hydrogens is 250 g/mol. The second-order valence-electron chi connectivity index (χ2n) is 4.73. The number of hydrogen-bond donors (Lipinski definition) is 1. The fourth-order valence-corrected chi connectivity index (χ4v) is 1.90. The number of benzene rings is 2. The van der Waals surface area contributed by atoms with Gasteiger partial charge in [0.05, 0.1) is 6.61 Å². The van der Waals surface area contributed by atoms with Gasteiger partial charge in [-0.05, 0) is 42.3 Å². The van der Waals surface area contributed by atoms with Gasteiger partial charge in [-0.25, -0.2) is 0 Å². The standard InChI is InChI=1S/C17H21NO2/c1-14-4-3-5-17(12-14)20-16-8-6-15(7-9-16)13-18-10-11-19-2/h3-9,12,18H,10-11,13H2,1-2H3. The quantitative estimate of drug-likeness (QED) is 0.782. The van der Waals surface area contributed by atoms with E-state index in [0.717, 1.165) is 31.2 Å². The van der Waals surface area contributed by atoms with Crippen molar-refractivity contribution in [3.63, 3.8) is 0 Å². The van der Waals surface area contributed by atoms with Gasteiger partial charge in [-0.3, -0.25) is 0 Å². The van der Waals surface area contributed by atoms with Gasteiger partial charge in [-0.2, -0.15) is 0 Å². The molecule has 20 heavy (non-hydrogen) atoms. The van der Waals surface area contributed by atoms with Crippen LogP contribution in [0.2, 0.25) is 0 Å². The molecule has 0 radical (unpaired) electrons. The van der Waals surface area contributed by atoms with Crippen LogP contribution >= 0.6 is 0 Å². The van der Waals surface area contributed by atoms with E-state index >= 15 is 0 Å². The Morgan fingerprint density at radius 2 is 1.80 bits per heavy atom. The molecule has 1 N–H and O–H groups in total. The summed E-state index contributed by atoms with van der Waals surface area (Å²) in [5.74, 6) is 1.73. The molecule has 0 fully saturated rings. The van der Waals surface area contributed by atoms with Gasteiger partial charge < -0.3 is 14.8 Å². The zero-order valence-electron chi connectivity index (χ0n) is 12.1. The molecule has 0 unspecified atom stereocenters. The van der Waals surface area contributed by atoms with Crippen molar-refractivity contribution in [1.82, 2.24) is 5.32 Å². The summed E-state index contributed by atoms with van der Waals surface area (Å²) in [4.78, 5) is 0. The van der Waals surface area contributed by atoms with Gasteiger partial charge in [0.15, 0.2) is 0 Å². The molecule has 0 amide bonds. The molecule has 0 aliphatic heterocycles. The largest absolute Gasteiger partial charge is 0.457 e. The Bertz CT molecular complexity index is 523. The third-order valence-corrected chi connectivity index (χ3v) is 2.96. The summed E-state index contributed by atoms with van der Waals surface area (Å²) in [7, 11) is 1.71. The molecule has 0 heterocycles. The molecule has 0 spiro atoms. The van der Waals surface area contributed by atoms with Gasteiger partial charge in [-0.1, -0.05) is 24.3 Å². The topological polar surface area (TPSA) is 30.5 Å². The summed E-state index contributed by atoms with van der Waals surface area (Å²) in [6.07, 6.45) is 0. The number of rotatable bonds is 7. The van der Waals surface area contributed by atoms with E-state index in [1.54, 1.807) is 7.11 Å². The molecular formula is C17H21NO2. The monoisotopic (exact) mass is 271 g/mol. The van der Waals surface area contributed by atoms with Crippen molar-refractivity contribution in [3.8, 4) is 11.5 Å². The Kier molecular flexibility index (Phi) is 5.59. The minimum absolute atomic E-state index is 0.731. The minimum atomic E-state index is 0.731. The van der Waals surface area contributed by atoms with E-state index in [0.29, 0.717) is 0 Å². The van der Waals surface area contributed by atoms with Gasteiger partial charge in [0.25, 0.3) is 0 Å². The maximum Gasteiger partial charge on any atom is 0.127 e. The average molecular weight is 271 g/mol. The van der Waals surface area contributed by atoms with E-state index in [9.17, 15) is 0 Å². The third-order valence-electron chi connectivity index (χ3n) is 2.96. The molecule has 2 rings (SSSR count). The SMILES string of the molecule is COCCNCc1ccc(Oc2cccc(C)c2)cc1. The summed E-state index contributed by atoms with van der Waals surface area (Å²) < 4.78 is 10.8. The van der Waals surface area contributed by atoms with Crippen molar-refractivity contribution < 1.29 is 9.47 Å². The normalized spacial score (nSPS) is 10.5. The molecule has 2 aromatic rings. The van der Waals surface area contributed by atoms with Gasteiger partial charge >= 0.3 is 0 Å². The highest BCUT2D eigenvalue weighted by Gasteiger charge is 1.98. The summed E-state index contributed by atoms with van der Waals surface area (Å²) in [6.45, 7) is 4.49. The average Bonchev–Trinajstić information content (AvgIpc) is 2.45. The van der Waals surface area contributed by atoms with Crippen LogP contribution in [0, 0.1) is 6.92 Å². The lowest BCUT2D eigenvalue weighted by molar-refractivity contribution is 0.199. The highest BCUT2D eigenvalue weighted by molar-refractivity contribution is 5.34. The molecule has 2 aromatic carbocycles. The van der Waals surface area contributed by atoms with Crippen LogP contribution in [-0.2, 0) is 11.3 Å². The van der Waals surface area contributed by atoms with Gasteiger partial charge in [-0.15, -0.1) is 0 Å². The maximum atomic E-state index is 5.82. The summed E-state index contributed by atoms with van der Waals surface area (Å²) >= 11 is 0. The predicted molar refractivity (Wildman–Crippen MR) is 81.3 cm³/mol. The van der Waals surface area contributed by atoms with Crippen LogP contribution in [0.5, 0.6) is 11.5 Å². The zero-order valence-corrected chi connectivity index (χ0v) is 12.1. The molecule has 0 aliphatic rings. The lowest BCUT2D eigenvalue weighted by Gasteiger charge is -2.08. The summed E-state index contributed by atoms with van der Waals surface area (Å²) in [6, 6.07) is 16.2. The number of ether oxygens (including phenoxy) is 2. The van der Waals surface area contributed by atoms with Crippen LogP contribution in [0.1, 0.15) is 11.1 Å². The molecule has 3 heteroatoms. The Morgan fingerprint density at radius 3 is 2.50 bits per heavy atom. The van der Waals surface area contributed by atoms with E-state index in [-0.39, 0.29) is 0 Å². The van der Waals surface area contributed by atoms with Crippen molar-refractivity contribution in [2.75, 3.05) is 20.3 Å². The first-order valence-corrected chi connectivity index (χ1v) is 6.81. The first-order valence-electron chi connectivity index (χ1n) is 6.81. The van der Waals surface area contributed by atoms with E-state index in [1.807, 2.05) is 30.3 Å². The lowest BCUT2D eigenvalue weighted by atomic mass is 10.2. The highest BCUT2D eigenvalue weighted by Crippen LogP contribution is 2.22. The first-order chi connectivity index (χ1) is 9.78. The molecule has 0 bridgehead atoms. The van der Waals surface area contributed by atoms with E-state index in [4.69, 9.17) is 9.47 Å². The smallest absolute Gasteiger partial charge is 0.127 e. The van der Waals surface area contributed by atoms with Gasteiger partial charge in [0.1, 0.15) is 11.5 Å². The number of hydrogen-bond acceptors (Lipinski definition) is 3. The summed E-state index contributed by atoms with van der Waals surface area (Å²) in [5, 5.41) is 3.31. The van der Waals surface area contributed by atoms with E-state index in [1.165, 1.54) is 11.1 Å². The maximum absolute atomic E-state index is 5.82. The Labute approximate surface area is 120 Å². The number of methoxy groups -OCH3 is 1. The number of aryl methyl sites for hydroxylation is 1. The fourth-order valence-electron chi connectivity index (χ4n) is 1.90. The summed E-state index contributed by atoms with van der Waals surface area (Å²) in [5.41, 5.74) is 2.43.